The Morgan fingerprint density at radius 1 is 1.55 bits per heavy atom. The normalized spacial score (nSPS) is 14.0. The number of nitrogens with zero attached hydrogens (tertiary/aromatic N) is 3. The predicted molar refractivity (Wildman–Crippen MR) is 74.4 cm³/mol. The van der Waals surface area contributed by atoms with Crippen molar-refractivity contribution in [3.63, 3.8) is 0 Å². The van der Waals surface area contributed by atoms with E-state index in [1.807, 2.05) is 0 Å². The lowest BCUT2D eigenvalue weighted by Gasteiger charge is -2.11. The van der Waals surface area contributed by atoms with Gasteiger partial charge in [-0.15, -0.1) is 0 Å². The van der Waals surface area contributed by atoms with E-state index in [9.17, 15) is 19.7 Å². The monoisotopic (exact) mass is 305 g/mol. The smallest absolute Gasteiger partial charge is 0.341 e. The Labute approximate surface area is 122 Å². The number of pyridine rings is 2. The lowest BCUT2D eigenvalue weighted by molar-refractivity contribution is -0.386. The molecule has 9 nitrogen and oxygen atoms in total. The second-order valence-electron chi connectivity index (χ2n) is 4.96. The standard InChI is InChI=1S/C13H11N3O6/c1-22-12-9(16(20)21)4-7-10(17)8(13(18)19)5-15(6-2-3-6)11(7)14-12/h4-6H,2-3H2,1H3,(H,18,19). The first-order valence-electron chi connectivity index (χ1n) is 6.45. The van der Waals surface area contributed by atoms with Crippen molar-refractivity contribution in [1.82, 2.24) is 9.55 Å². The van der Waals surface area contributed by atoms with E-state index in [2.05, 4.69) is 4.98 Å². The summed E-state index contributed by atoms with van der Waals surface area (Å²) in [5.74, 6) is -1.59. The SMILES string of the molecule is COc1nc2c(cc1[N+](=O)[O-])c(=O)c(C(=O)O)cn2C1CC1. The maximum absolute atomic E-state index is 12.2. The van der Waals surface area contributed by atoms with Crippen molar-refractivity contribution in [3.8, 4) is 5.88 Å². The summed E-state index contributed by atoms with van der Waals surface area (Å²) in [4.78, 5) is 37.8. The van der Waals surface area contributed by atoms with Gasteiger partial charge in [0, 0.05) is 18.3 Å². The third kappa shape index (κ3) is 2.07. The topological polar surface area (TPSA) is 125 Å². The summed E-state index contributed by atoms with van der Waals surface area (Å²) in [6.07, 6.45) is 2.90. The highest BCUT2D eigenvalue weighted by Gasteiger charge is 2.29. The van der Waals surface area contributed by atoms with Crippen molar-refractivity contribution >= 4 is 22.7 Å². The first kappa shape index (κ1) is 14.0. The van der Waals surface area contributed by atoms with Crippen LogP contribution in [0, 0.1) is 10.1 Å². The molecule has 2 aromatic heterocycles. The minimum atomic E-state index is -1.38. The fourth-order valence-corrected chi connectivity index (χ4v) is 2.31. The van der Waals surface area contributed by atoms with E-state index in [1.165, 1.54) is 13.3 Å². The molecule has 0 unspecified atom stereocenters. The maximum Gasteiger partial charge on any atom is 0.341 e. The molecule has 2 aromatic rings. The van der Waals surface area contributed by atoms with Crippen LogP contribution in [0.1, 0.15) is 29.2 Å². The van der Waals surface area contributed by atoms with Crippen molar-refractivity contribution in [2.75, 3.05) is 7.11 Å². The number of ether oxygens (including phenoxy) is 1. The predicted octanol–water partition coefficient (Wildman–Crippen LogP) is 1.35. The molecule has 1 aliphatic rings. The lowest BCUT2D eigenvalue weighted by Crippen LogP contribution is -2.19. The van der Waals surface area contributed by atoms with Gasteiger partial charge >= 0.3 is 11.7 Å². The largest absolute Gasteiger partial charge is 0.477 e. The second kappa shape index (κ2) is 4.79. The number of fused-ring (bicyclic) bond motifs is 1. The van der Waals surface area contributed by atoms with Crippen LogP contribution in [0.3, 0.4) is 0 Å². The molecule has 3 rings (SSSR count). The minimum Gasteiger partial charge on any atom is -0.477 e. The molecule has 0 saturated heterocycles. The van der Waals surface area contributed by atoms with Gasteiger partial charge < -0.3 is 14.4 Å². The number of hydrogen-bond donors (Lipinski definition) is 1. The molecule has 0 aromatic carbocycles. The number of rotatable bonds is 4. The number of aromatic nitrogens is 2. The summed E-state index contributed by atoms with van der Waals surface area (Å²) in [6.45, 7) is 0. The van der Waals surface area contributed by atoms with Gasteiger partial charge in [0.05, 0.1) is 17.4 Å². The molecule has 1 N–H and O–H groups in total. The fourth-order valence-electron chi connectivity index (χ4n) is 2.31. The Bertz CT molecular complexity index is 868. The van der Waals surface area contributed by atoms with Gasteiger partial charge in [0.25, 0.3) is 5.88 Å². The summed E-state index contributed by atoms with van der Waals surface area (Å²) < 4.78 is 6.48. The molecule has 0 aliphatic heterocycles. The zero-order valence-electron chi connectivity index (χ0n) is 11.5. The van der Waals surface area contributed by atoms with Gasteiger partial charge in [-0.25, -0.2) is 4.79 Å². The van der Waals surface area contributed by atoms with Crippen LogP contribution in [0.2, 0.25) is 0 Å². The van der Waals surface area contributed by atoms with Crippen LogP contribution in [0.25, 0.3) is 11.0 Å². The molecular formula is C13H11N3O6. The van der Waals surface area contributed by atoms with Crippen molar-refractivity contribution in [3.05, 3.63) is 38.2 Å². The molecule has 1 fully saturated rings. The highest BCUT2D eigenvalue weighted by Crippen LogP contribution is 2.38. The Balaban J connectivity index is 2.43. The molecule has 0 atom stereocenters. The third-order valence-corrected chi connectivity index (χ3v) is 3.51. The molecule has 0 bridgehead atoms. The van der Waals surface area contributed by atoms with E-state index < -0.39 is 27.6 Å². The summed E-state index contributed by atoms with van der Waals surface area (Å²) in [5, 5.41) is 20.1. The molecule has 9 heteroatoms. The molecule has 114 valence electrons. The van der Waals surface area contributed by atoms with Crippen molar-refractivity contribution in [1.29, 1.82) is 0 Å². The average molecular weight is 305 g/mol. The van der Waals surface area contributed by atoms with E-state index in [1.54, 1.807) is 4.57 Å². The molecule has 0 radical (unpaired) electrons. The van der Waals surface area contributed by atoms with Gasteiger partial charge in [-0.2, -0.15) is 4.98 Å². The zero-order valence-corrected chi connectivity index (χ0v) is 11.5. The van der Waals surface area contributed by atoms with Crippen molar-refractivity contribution < 1.29 is 19.6 Å². The maximum atomic E-state index is 12.2. The number of carbonyl (C=O) groups is 1. The van der Waals surface area contributed by atoms with Crippen molar-refractivity contribution in [2.24, 2.45) is 0 Å². The van der Waals surface area contributed by atoms with Crippen LogP contribution in [0.5, 0.6) is 5.88 Å². The average Bonchev–Trinajstić information content (AvgIpc) is 3.30. The van der Waals surface area contributed by atoms with Crippen LogP contribution in [0.4, 0.5) is 5.69 Å². The Kier molecular flexibility index (Phi) is 3.05. The zero-order chi connectivity index (χ0) is 16.0. The van der Waals surface area contributed by atoms with Crippen LogP contribution >= 0.6 is 0 Å². The highest BCUT2D eigenvalue weighted by atomic mass is 16.6. The number of carboxylic acid groups (broad SMARTS) is 1. The van der Waals surface area contributed by atoms with E-state index in [0.29, 0.717) is 0 Å². The highest BCUT2D eigenvalue weighted by molar-refractivity contribution is 5.92. The molecule has 0 amide bonds. The number of hydrogen-bond acceptors (Lipinski definition) is 6. The van der Waals surface area contributed by atoms with Gasteiger partial charge in [-0.05, 0) is 12.8 Å². The molecule has 2 heterocycles. The van der Waals surface area contributed by atoms with Crippen LogP contribution in [-0.4, -0.2) is 32.7 Å². The summed E-state index contributed by atoms with van der Waals surface area (Å²) in [7, 11) is 1.24. The number of nitro groups is 1. The molecule has 1 saturated carbocycles. The van der Waals surface area contributed by atoms with Gasteiger partial charge in [-0.3, -0.25) is 14.9 Å². The van der Waals surface area contributed by atoms with Crippen LogP contribution < -0.4 is 10.2 Å². The number of methoxy groups -OCH3 is 1. The Morgan fingerprint density at radius 2 is 2.23 bits per heavy atom. The first-order chi connectivity index (χ1) is 10.4. The van der Waals surface area contributed by atoms with E-state index >= 15 is 0 Å². The van der Waals surface area contributed by atoms with E-state index in [4.69, 9.17) is 9.84 Å². The lowest BCUT2D eigenvalue weighted by atomic mass is 10.2. The molecular weight excluding hydrogens is 294 g/mol. The van der Waals surface area contributed by atoms with E-state index in [-0.39, 0.29) is 23.0 Å². The van der Waals surface area contributed by atoms with Gasteiger partial charge in [0.1, 0.15) is 11.2 Å². The van der Waals surface area contributed by atoms with Gasteiger partial charge in [0.2, 0.25) is 5.43 Å². The number of carboxylic acids is 1. The summed E-state index contributed by atoms with van der Waals surface area (Å²) in [6, 6.07) is 1.06. The summed E-state index contributed by atoms with van der Waals surface area (Å²) in [5.41, 5.74) is -1.50. The van der Waals surface area contributed by atoms with Crippen LogP contribution in [0.15, 0.2) is 17.1 Å². The Morgan fingerprint density at radius 3 is 2.73 bits per heavy atom. The van der Waals surface area contributed by atoms with Gasteiger partial charge in [0.15, 0.2) is 0 Å². The first-order valence-corrected chi connectivity index (χ1v) is 6.45. The van der Waals surface area contributed by atoms with E-state index in [0.717, 1.165) is 18.9 Å². The minimum absolute atomic E-state index is 0.0415. The van der Waals surface area contributed by atoms with Crippen LogP contribution in [-0.2, 0) is 0 Å². The number of aromatic carboxylic acids is 1. The third-order valence-electron chi connectivity index (χ3n) is 3.51. The van der Waals surface area contributed by atoms with Gasteiger partial charge in [-0.1, -0.05) is 0 Å². The summed E-state index contributed by atoms with van der Waals surface area (Å²) >= 11 is 0. The molecule has 22 heavy (non-hydrogen) atoms. The second-order valence-corrected chi connectivity index (χ2v) is 4.96. The Hall–Kier alpha value is -2.97. The quantitative estimate of drug-likeness (QED) is 0.667. The molecule has 0 spiro atoms. The molecule has 1 aliphatic carbocycles. The fraction of sp³-hybridized carbons (Fsp3) is 0.308. The van der Waals surface area contributed by atoms with Crippen molar-refractivity contribution in [2.45, 2.75) is 18.9 Å².